The summed E-state index contributed by atoms with van der Waals surface area (Å²) in [6, 6.07) is 13.0. The molecular weight excluding hydrogens is 439 g/mol. The molecule has 30 heavy (non-hydrogen) atoms. The van der Waals surface area contributed by atoms with Crippen LogP contribution in [0.5, 0.6) is 0 Å². The van der Waals surface area contributed by atoms with Crippen molar-refractivity contribution >= 4 is 51.5 Å². The van der Waals surface area contributed by atoms with Gasteiger partial charge in [0, 0.05) is 16.6 Å². The number of aryl methyl sites for hydroxylation is 1. The van der Waals surface area contributed by atoms with Gasteiger partial charge in [0.05, 0.1) is 27.0 Å². The molecule has 5 nitrogen and oxygen atoms in total. The van der Waals surface area contributed by atoms with Crippen LogP contribution in [0, 0.1) is 6.92 Å². The zero-order valence-corrected chi connectivity index (χ0v) is 18.5. The van der Waals surface area contributed by atoms with Crippen molar-refractivity contribution in [2.75, 3.05) is 6.54 Å². The van der Waals surface area contributed by atoms with E-state index in [9.17, 15) is 4.79 Å². The van der Waals surface area contributed by atoms with Crippen molar-refractivity contribution in [3.05, 3.63) is 69.0 Å². The Kier molecular flexibility index (Phi) is 5.01. The second kappa shape index (κ2) is 7.69. The summed E-state index contributed by atoms with van der Waals surface area (Å²) in [4.78, 5) is 28.9. The Bertz CT molecular complexity index is 1270. The van der Waals surface area contributed by atoms with Gasteiger partial charge in [0.1, 0.15) is 11.5 Å². The molecule has 0 spiro atoms. The Morgan fingerprint density at radius 2 is 2.00 bits per heavy atom. The number of fused-ring (bicyclic) bond motifs is 1. The molecule has 1 atom stereocenters. The van der Waals surface area contributed by atoms with Crippen LogP contribution >= 0.6 is 34.5 Å². The molecule has 0 unspecified atom stereocenters. The lowest BCUT2D eigenvalue weighted by molar-refractivity contribution is 0.0726. The minimum atomic E-state index is -0.113. The normalized spacial score (nSPS) is 16.5. The first kappa shape index (κ1) is 19.5. The van der Waals surface area contributed by atoms with Gasteiger partial charge in [-0.05, 0) is 55.7 Å². The minimum absolute atomic E-state index is 0.0738. The van der Waals surface area contributed by atoms with Gasteiger partial charge < -0.3 is 9.88 Å². The Morgan fingerprint density at radius 3 is 2.83 bits per heavy atom. The highest BCUT2D eigenvalue weighted by Gasteiger charge is 2.35. The van der Waals surface area contributed by atoms with Crippen LogP contribution in [-0.2, 0) is 0 Å². The minimum Gasteiger partial charge on any atom is -0.340 e. The predicted molar refractivity (Wildman–Crippen MR) is 121 cm³/mol. The summed E-state index contributed by atoms with van der Waals surface area (Å²) in [7, 11) is 0. The second-order valence-electron chi connectivity index (χ2n) is 7.36. The van der Waals surface area contributed by atoms with Gasteiger partial charge >= 0.3 is 0 Å². The van der Waals surface area contributed by atoms with E-state index in [1.54, 1.807) is 0 Å². The molecule has 0 radical (unpaired) electrons. The van der Waals surface area contributed by atoms with Crippen molar-refractivity contribution < 1.29 is 4.79 Å². The number of aromatic amines is 1. The van der Waals surface area contributed by atoms with Crippen LogP contribution in [-0.4, -0.2) is 32.3 Å². The number of carbonyl (C=O) groups excluding carboxylic acids is 1. The molecule has 1 aliphatic rings. The van der Waals surface area contributed by atoms with Crippen LogP contribution in [0.25, 0.3) is 21.5 Å². The summed E-state index contributed by atoms with van der Waals surface area (Å²) in [6.45, 7) is 2.59. The number of halogens is 2. The van der Waals surface area contributed by atoms with Gasteiger partial charge in [0.15, 0.2) is 0 Å². The Labute approximate surface area is 187 Å². The largest absolute Gasteiger partial charge is 0.340 e. The molecule has 0 bridgehead atoms. The highest BCUT2D eigenvalue weighted by Crippen LogP contribution is 2.37. The monoisotopic (exact) mass is 456 g/mol. The SMILES string of the molecule is Cc1nc(C(=O)N2CCC[C@H]2c2nc3ccc(Cl)cc3[nH]2)c(-c2cccc(Cl)c2)s1. The smallest absolute Gasteiger partial charge is 0.274 e. The molecular formula is C22H18Cl2N4OS. The second-order valence-corrected chi connectivity index (χ2v) is 9.44. The average molecular weight is 457 g/mol. The predicted octanol–water partition coefficient (Wildman–Crippen LogP) is 6.28. The number of hydrogen-bond acceptors (Lipinski definition) is 4. The first-order chi connectivity index (χ1) is 14.5. The average Bonchev–Trinajstić information content (AvgIpc) is 3.44. The van der Waals surface area contributed by atoms with Crippen molar-refractivity contribution in [1.82, 2.24) is 19.9 Å². The number of imidazole rings is 1. The summed E-state index contributed by atoms with van der Waals surface area (Å²) in [6.07, 6.45) is 1.78. The quantitative estimate of drug-likeness (QED) is 0.394. The molecule has 2 aromatic carbocycles. The molecule has 0 aliphatic carbocycles. The van der Waals surface area contributed by atoms with Crippen LogP contribution in [0.4, 0.5) is 0 Å². The van der Waals surface area contributed by atoms with Gasteiger partial charge in [0.2, 0.25) is 0 Å². The molecule has 1 saturated heterocycles. The number of benzene rings is 2. The molecule has 1 amide bonds. The van der Waals surface area contributed by atoms with Gasteiger partial charge in [-0.3, -0.25) is 4.79 Å². The van der Waals surface area contributed by atoms with E-state index in [1.807, 2.05) is 54.3 Å². The molecule has 152 valence electrons. The number of amides is 1. The third-order valence-corrected chi connectivity index (χ3v) is 6.81. The number of nitrogens with zero attached hydrogens (tertiary/aromatic N) is 3. The highest BCUT2D eigenvalue weighted by molar-refractivity contribution is 7.15. The number of likely N-dealkylation sites (tertiary alicyclic amines) is 1. The van der Waals surface area contributed by atoms with Crippen molar-refractivity contribution in [1.29, 1.82) is 0 Å². The molecule has 1 N–H and O–H groups in total. The topological polar surface area (TPSA) is 61.9 Å². The Balaban J connectivity index is 1.51. The van der Waals surface area contributed by atoms with Gasteiger partial charge in [-0.15, -0.1) is 11.3 Å². The van der Waals surface area contributed by atoms with E-state index >= 15 is 0 Å². The van der Waals surface area contributed by atoms with Crippen LogP contribution < -0.4 is 0 Å². The summed E-state index contributed by atoms with van der Waals surface area (Å²) < 4.78 is 0. The maximum absolute atomic E-state index is 13.6. The lowest BCUT2D eigenvalue weighted by atomic mass is 10.1. The number of H-pyrrole nitrogens is 1. The Hall–Kier alpha value is -2.41. The van der Waals surface area contributed by atoms with Crippen LogP contribution in [0.15, 0.2) is 42.5 Å². The summed E-state index contributed by atoms with van der Waals surface area (Å²) >= 11 is 13.8. The Morgan fingerprint density at radius 1 is 1.17 bits per heavy atom. The van der Waals surface area contributed by atoms with Crippen LogP contribution in [0.1, 0.15) is 40.2 Å². The van der Waals surface area contributed by atoms with E-state index in [0.717, 1.165) is 45.1 Å². The fourth-order valence-corrected chi connectivity index (χ4v) is 5.26. The van der Waals surface area contributed by atoms with E-state index in [0.29, 0.717) is 22.3 Å². The van der Waals surface area contributed by atoms with Crippen molar-refractivity contribution in [2.24, 2.45) is 0 Å². The van der Waals surface area contributed by atoms with Crippen molar-refractivity contribution in [3.63, 3.8) is 0 Å². The van der Waals surface area contributed by atoms with E-state index in [4.69, 9.17) is 28.2 Å². The third kappa shape index (κ3) is 3.49. The van der Waals surface area contributed by atoms with E-state index in [-0.39, 0.29) is 11.9 Å². The number of rotatable bonds is 3. The lowest BCUT2D eigenvalue weighted by Crippen LogP contribution is -2.31. The molecule has 1 aliphatic heterocycles. The molecule has 1 fully saturated rings. The highest BCUT2D eigenvalue weighted by atomic mass is 35.5. The lowest BCUT2D eigenvalue weighted by Gasteiger charge is -2.22. The van der Waals surface area contributed by atoms with Crippen molar-refractivity contribution in [3.8, 4) is 10.4 Å². The molecule has 4 aromatic rings. The maximum atomic E-state index is 13.6. The molecule has 2 aromatic heterocycles. The number of aromatic nitrogens is 3. The third-order valence-electron chi connectivity index (χ3n) is 5.32. The van der Waals surface area contributed by atoms with E-state index in [1.165, 1.54) is 11.3 Å². The molecule has 5 rings (SSSR count). The van der Waals surface area contributed by atoms with E-state index in [2.05, 4.69) is 9.97 Å². The number of carbonyl (C=O) groups is 1. The van der Waals surface area contributed by atoms with Gasteiger partial charge in [-0.25, -0.2) is 9.97 Å². The number of nitrogens with one attached hydrogen (secondary N) is 1. The standard InChI is InChI=1S/C22H18Cl2N4OS/c1-12-25-19(20(30-12)13-4-2-5-14(23)10-13)22(29)28-9-3-6-18(28)21-26-16-8-7-15(24)11-17(16)27-21/h2,4-5,7-8,10-11,18H,3,6,9H2,1H3,(H,26,27)/t18-/m0/s1. The van der Waals surface area contributed by atoms with Crippen molar-refractivity contribution in [2.45, 2.75) is 25.8 Å². The summed E-state index contributed by atoms with van der Waals surface area (Å²) in [5.74, 6) is 0.713. The summed E-state index contributed by atoms with van der Waals surface area (Å²) in [5, 5.41) is 2.14. The first-order valence-corrected chi connectivity index (χ1v) is 11.3. The summed E-state index contributed by atoms with van der Waals surface area (Å²) in [5.41, 5.74) is 3.11. The first-order valence-electron chi connectivity index (χ1n) is 9.69. The fourth-order valence-electron chi connectivity index (χ4n) is 3.99. The van der Waals surface area contributed by atoms with Crippen LogP contribution in [0.3, 0.4) is 0 Å². The molecule has 0 saturated carbocycles. The van der Waals surface area contributed by atoms with Gasteiger partial charge in [-0.2, -0.15) is 0 Å². The maximum Gasteiger partial charge on any atom is 0.274 e. The van der Waals surface area contributed by atoms with Gasteiger partial charge in [0.25, 0.3) is 5.91 Å². The van der Waals surface area contributed by atoms with Gasteiger partial charge in [-0.1, -0.05) is 35.3 Å². The zero-order valence-electron chi connectivity index (χ0n) is 16.2. The number of hydrogen-bond donors (Lipinski definition) is 1. The molecule has 3 heterocycles. The number of thiazole rings is 1. The fraction of sp³-hybridized carbons (Fsp3) is 0.227. The van der Waals surface area contributed by atoms with Crippen LogP contribution in [0.2, 0.25) is 10.0 Å². The molecule has 8 heteroatoms. The zero-order chi connectivity index (χ0) is 20.8. The van der Waals surface area contributed by atoms with E-state index < -0.39 is 0 Å².